The van der Waals surface area contributed by atoms with Crippen molar-refractivity contribution in [2.75, 3.05) is 78.7 Å². The molecule has 6 aliphatic heterocycles. The fourth-order valence-corrected chi connectivity index (χ4v) is 11.3. The first-order valence-corrected chi connectivity index (χ1v) is 25.3. The minimum atomic E-state index is -0.193. The molecule has 16 nitrogen and oxygen atoms in total. The summed E-state index contributed by atoms with van der Waals surface area (Å²) in [6, 6.07) is 6.41. The Hall–Kier alpha value is -6.40. The number of halogens is 2. The predicted molar refractivity (Wildman–Crippen MR) is 257 cm³/mol. The van der Waals surface area contributed by atoms with Crippen molar-refractivity contribution in [3.8, 4) is 11.5 Å². The Bertz CT molecular complexity index is 2920. The second-order valence-electron chi connectivity index (χ2n) is 19.4. The third-order valence-corrected chi connectivity index (χ3v) is 15.2. The van der Waals surface area contributed by atoms with E-state index in [1.165, 1.54) is 37.8 Å². The van der Waals surface area contributed by atoms with Gasteiger partial charge in [-0.25, -0.2) is 18.7 Å². The summed E-state index contributed by atoms with van der Waals surface area (Å²) in [6.07, 6.45) is 20.3. The smallest absolute Gasteiger partial charge is 0.237 e. The molecule has 0 N–H and O–H groups in total. The van der Waals surface area contributed by atoms with E-state index in [0.717, 1.165) is 139 Å². The lowest BCUT2D eigenvalue weighted by molar-refractivity contribution is -0.133. The van der Waals surface area contributed by atoms with Crippen LogP contribution in [0.2, 0.25) is 0 Å². The first-order chi connectivity index (χ1) is 34.3. The van der Waals surface area contributed by atoms with Gasteiger partial charge in [0.25, 0.3) is 0 Å². The minimum Gasteiger partial charge on any atom is -0.493 e. The Morgan fingerprint density at radius 3 is 1.73 bits per heavy atom. The van der Waals surface area contributed by atoms with Gasteiger partial charge in [-0.3, -0.25) is 28.2 Å². The Kier molecular flexibility index (Phi) is 13.5. The van der Waals surface area contributed by atoms with Gasteiger partial charge in [-0.15, -0.1) is 20.4 Å². The molecular formula is C52H60F2N12O4. The zero-order valence-electron chi connectivity index (χ0n) is 39.7. The molecule has 366 valence electrons. The molecule has 0 spiro atoms. The van der Waals surface area contributed by atoms with E-state index < -0.39 is 0 Å². The van der Waals surface area contributed by atoms with Gasteiger partial charge in [-0.05, 0) is 131 Å². The zero-order valence-corrected chi connectivity index (χ0v) is 39.7. The number of benzene rings is 2. The van der Waals surface area contributed by atoms with Crippen LogP contribution in [0.1, 0.15) is 95.9 Å². The van der Waals surface area contributed by atoms with E-state index >= 15 is 0 Å². The molecule has 0 atom stereocenters. The number of amides is 2. The van der Waals surface area contributed by atoms with Gasteiger partial charge in [0.2, 0.25) is 11.8 Å². The van der Waals surface area contributed by atoms with Crippen LogP contribution in [0.5, 0.6) is 11.5 Å². The highest BCUT2D eigenvalue weighted by Gasteiger charge is 2.29. The van der Waals surface area contributed by atoms with Crippen molar-refractivity contribution >= 4 is 28.7 Å². The highest BCUT2D eigenvalue weighted by molar-refractivity contribution is 5.82. The van der Waals surface area contributed by atoms with Gasteiger partial charge in [-0.2, -0.15) is 0 Å². The number of fused-ring (bicyclic) bond motifs is 4. The van der Waals surface area contributed by atoms with E-state index in [-0.39, 0.29) is 23.4 Å². The Morgan fingerprint density at radius 1 is 0.614 bits per heavy atom. The molecule has 0 saturated carbocycles. The van der Waals surface area contributed by atoms with Gasteiger partial charge in [0, 0.05) is 86.5 Å². The van der Waals surface area contributed by atoms with Gasteiger partial charge >= 0.3 is 0 Å². The zero-order chi connectivity index (χ0) is 47.6. The Morgan fingerprint density at radius 2 is 1.16 bits per heavy atom. The molecular weight excluding hydrogens is 895 g/mol. The van der Waals surface area contributed by atoms with E-state index in [9.17, 15) is 18.4 Å². The second-order valence-corrected chi connectivity index (χ2v) is 19.4. The molecule has 0 radical (unpaired) electrons. The number of carbonyl (C=O) groups excluding carboxylic acids is 2. The lowest BCUT2D eigenvalue weighted by Crippen LogP contribution is -2.43. The molecule has 2 aromatic carbocycles. The summed E-state index contributed by atoms with van der Waals surface area (Å²) in [5.74, 6) is 3.57. The van der Waals surface area contributed by atoms with Crippen molar-refractivity contribution in [3.05, 3.63) is 112 Å². The monoisotopic (exact) mass is 954 g/mol. The molecule has 18 heteroatoms. The van der Waals surface area contributed by atoms with Crippen LogP contribution < -0.4 is 9.47 Å². The van der Waals surface area contributed by atoms with E-state index in [1.807, 2.05) is 31.0 Å². The molecule has 4 aromatic heterocycles. The van der Waals surface area contributed by atoms with Crippen molar-refractivity contribution in [2.45, 2.75) is 89.4 Å². The van der Waals surface area contributed by atoms with Crippen molar-refractivity contribution in [1.82, 2.24) is 58.8 Å². The quantitative estimate of drug-likeness (QED) is 0.153. The number of aromatic nitrogens is 8. The third kappa shape index (κ3) is 9.59. The van der Waals surface area contributed by atoms with Crippen molar-refractivity contribution < 1.29 is 27.8 Å². The van der Waals surface area contributed by atoms with Crippen LogP contribution in [0.25, 0.3) is 16.9 Å². The number of aryl methyl sites for hydroxylation is 2. The van der Waals surface area contributed by atoms with E-state index in [1.54, 1.807) is 24.8 Å². The van der Waals surface area contributed by atoms with Crippen LogP contribution in [0, 0.1) is 11.6 Å². The van der Waals surface area contributed by atoms with Crippen LogP contribution in [0.4, 0.5) is 8.78 Å². The van der Waals surface area contributed by atoms with E-state index in [0.29, 0.717) is 76.6 Å². The summed E-state index contributed by atoms with van der Waals surface area (Å²) in [7, 11) is 0. The second kappa shape index (κ2) is 20.5. The molecule has 3 saturated heterocycles. The standard InChI is InChI=1S/C26H31FN6O2.C26H29FN6O2/c2*27-22-4-5-23-20(9-14-35-23)19(22)3-6-24-28-15-21(26-30-29-17-33(24)26)18-7-12-32(13-8-18)25(34)16-31-10-1-2-11-31/h4-5,15,17-18H,1-3,6-14,16H2;4-5,7,15,17H,1-3,6,8-14,16H2. The Balaban J connectivity index is 0.000000152. The number of ether oxygens (including phenoxy) is 2. The highest BCUT2D eigenvalue weighted by Crippen LogP contribution is 2.34. The first-order valence-electron chi connectivity index (χ1n) is 25.3. The molecule has 2 amide bonds. The maximum absolute atomic E-state index is 14.6. The number of nitrogens with zero attached hydrogens (tertiary/aromatic N) is 12. The minimum absolute atomic E-state index is 0.183. The highest BCUT2D eigenvalue weighted by atomic mass is 19.1. The number of rotatable bonds is 12. The fourth-order valence-electron chi connectivity index (χ4n) is 11.3. The summed E-state index contributed by atoms with van der Waals surface area (Å²) in [6.45, 7) is 9.23. The molecule has 70 heavy (non-hydrogen) atoms. The molecule has 0 bridgehead atoms. The molecule has 0 unspecified atom stereocenters. The molecule has 6 aromatic rings. The van der Waals surface area contributed by atoms with E-state index in [2.05, 4.69) is 36.3 Å². The average Bonchev–Trinajstić information content (AvgIpc) is 4.25. The lowest BCUT2D eigenvalue weighted by Gasteiger charge is -2.33. The van der Waals surface area contributed by atoms with Crippen LogP contribution in [-0.2, 0) is 48.1 Å². The largest absolute Gasteiger partial charge is 0.493 e. The summed E-state index contributed by atoms with van der Waals surface area (Å²) in [5.41, 5.74) is 8.11. The summed E-state index contributed by atoms with van der Waals surface area (Å²) in [4.78, 5) is 43.3. The summed E-state index contributed by atoms with van der Waals surface area (Å²) in [5, 5.41) is 17.0. The van der Waals surface area contributed by atoms with Gasteiger partial charge in [0.05, 0.1) is 26.3 Å². The van der Waals surface area contributed by atoms with Crippen molar-refractivity contribution in [2.24, 2.45) is 0 Å². The number of hydrogen-bond donors (Lipinski definition) is 0. The predicted octanol–water partition coefficient (Wildman–Crippen LogP) is 5.48. The molecule has 6 aliphatic rings. The van der Waals surface area contributed by atoms with Gasteiger partial charge < -0.3 is 19.3 Å². The molecule has 3 fully saturated rings. The summed E-state index contributed by atoms with van der Waals surface area (Å²) < 4.78 is 44.2. The van der Waals surface area contributed by atoms with Crippen LogP contribution in [0.15, 0.2) is 55.4 Å². The van der Waals surface area contributed by atoms with Gasteiger partial charge in [0.15, 0.2) is 11.3 Å². The van der Waals surface area contributed by atoms with Crippen molar-refractivity contribution in [1.29, 1.82) is 0 Å². The number of piperidine rings is 1. The van der Waals surface area contributed by atoms with Crippen LogP contribution in [0.3, 0.4) is 0 Å². The third-order valence-electron chi connectivity index (χ3n) is 15.2. The number of hydrogen-bond acceptors (Lipinski definition) is 12. The number of carbonyl (C=O) groups is 2. The molecule has 0 aliphatic carbocycles. The van der Waals surface area contributed by atoms with Crippen molar-refractivity contribution in [3.63, 3.8) is 0 Å². The Labute approximate surface area is 405 Å². The van der Waals surface area contributed by atoms with E-state index in [4.69, 9.17) is 19.4 Å². The topological polar surface area (TPSA) is 152 Å². The first kappa shape index (κ1) is 46.0. The summed E-state index contributed by atoms with van der Waals surface area (Å²) >= 11 is 0. The molecule has 10 heterocycles. The maximum Gasteiger partial charge on any atom is 0.237 e. The van der Waals surface area contributed by atoms with Crippen LogP contribution >= 0.6 is 0 Å². The maximum atomic E-state index is 14.6. The van der Waals surface area contributed by atoms with Gasteiger partial charge in [0.1, 0.15) is 47.4 Å². The van der Waals surface area contributed by atoms with Crippen LogP contribution in [-0.4, -0.2) is 149 Å². The number of likely N-dealkylation sites (tertiary alicyclic amines) is 3. The lowest BCUT2D eigenvalue weighted by atomic mass is 9.90. The fraction of sp³-hybridized carbons (Fsp3) is 0.500. The average molecular weight is 955 g/mol. The SMILES string of the molecule is O=C(CN1CCCC1)N1CC=C(c2cnc(CCc3c(F)ccc4c3CCO4)n3cnnc23)CC1.O=C(CN1CCCC1)N1CCC(c2cnc(CCc3c(F)ccc4c3CCO4)n3cnnc23)CC1. The van der Waals surface area contributed by atoms with Gasteiger partial charge in [-0.1, -0.05) is 6.08 Å². The molecule has 12 rings (SSSR count). The normalized spacial score (nSPS) is 18.5.